The maximum atomic E-state index is 9.25. The van der Waals surface area contributed by atoms with Crippen LogP contribution in [0.1, 0.15) is 6.92 Å². The minimum absolute atomic E-state index is 0. The third-order valence-corrected chi connectivity index (χ3v) is 0.175. The summed E-state index contributed by atoms with van der Waals surface area (Å²) >= 11 is 0. The van der Waals surface area contributed by atoms with Gasteiger partial charge in [0.2, 0.25) is 0 Å². The number of carbonyl (C=O) groups is 1. The van der Waals surface area contributed by atoms with Crippen molar-refractivity contribution in [3.8, 4) is 0 Å². The summed E-state index contributed by atoms with van der Waals surface area (Å²) in [6, 6.07) is 0. The molecular formula is C5H9O2Zn-. The molecule has 0 aliphatic heterocycles. The van der Waals surface area contributed by atoms with Gasteiger partial charge in [-0.05, 0) is 0 Å². The van der Waals surface area contributed by atoms with Crippen molar-refractivity contribution in [2.45, 2.75) is 6.92 Å². The van der Waals surface area contributed by atoms with E-state index in [0.717, 1.165) is 6.08 Å². The first-order valence-electron chi connectivity index (χ1n) is 1.83. The minimum atomic E-state index is -0.981. The van der Waals surface area contributed by atoms with Crippen LogP contribution < -0.4 is 0 Å². The van der Waals surface area contributed by atoms with Crippen molar-refractivity contribution in [3.05, 3.63) is 19.6 Å². The standard InChI is InChI=1S/C3H4O2.C2H5.Zn/c1-2-3(4)5;1-2;/h2H,1H2,(H,4,5);1H2,2H3;/q;-1;. The molecule has 0 spiro atoms. The summed E-state index contributed by atoms with van der Waals surface area (Å²) < 4.78 is 0. The molecule has 3 heteroatoms. The van der Waals surface area contributed by atoms with Crippen molar-refractivity contribution in [2.24, 2.45) is 0 Å². The van der Waals surface area contributed by atoms with Crippen LogP contribution in [-0.4, -0.2) is 11.1 Å². The number of rotatable bonds is 1. The van der Waals surface area contributed by atoms with E-state index < -0.39 is 5.97 Å². The van der Waals surface area contributed by atoms with Gasteiger partial charge in [0.25, 0.3) is 0 Å². The summed E-state index contributed by atoms with van der Waals surface area (Å²) in [7, 11) is 0. The van der Waals surface area contributed by atoms with E-state index in [1.165, 1.54) is 0 Å². The van der Waals surface area contributed by atoms with Gasteiger partial charge in [0, 0.05) is 25.6 Å². The van der Waals surface area contributed by atoms with E-state index in [4.69, 9.17) is 5.11 Å². The zero-order valence-electron chi connectivity index (χ0n) is 5.05. The maximum Gasteiger partial charge on any atom is 0.327 e. The molecule has 8 heavy (non-hydrogen) atoms. The molecule has 0 fully saturated rings. The Bertz CT molecular complexity index is 61.4. The molecule has 0 aliphatic rings. The Balaban J connectivity index is -0.0000000750. The van der Waals surface area contributed by atoms with Gasteiger partial charge in [0.05, 0.1) is 0 Å². The monoisotopic (exact) mass is 165 g/mol. The summed E-state index contributed by atoms with van der Waals surface area (Å²) in [5, 5.41) is 7.60. The van der Waals surface area contributed by atoms with Gasteiger partial charge in [0.15, 0.2) is 0 Å². The van der Waals surface area contributed by atoms with Gasteiger partial charge in [-0.15, -0.1) is 0 Å². The van der Waals surface area contributed by atoms with Gasteiger partial charge in [-0.2, -0.15) is 6.92 Å². The van der Waals surface area contributed by atoms with Gasteiger partial charge in [0.1, 0.15) is 0 Å². The van der Waals surface area contributed by atoms with Crippen LogP contribution in [0.4, 0.5) is 0 Å². The fourth-order valence-corrected chi connectivity index (χ4v) is 0. The molecular weight excluding hydrogens is 157 g/mol. The summed E-state index contributed by atoms with van der Waals surface area (Å²) in [4.78, 5) is 9.25. The molecule has 0 rings (SSSR count). The van der Waals surface area contributed by atoms with Crippen LogP contribution in [-0.2, 0) is 24.3 Å². The Labute approximate surface area is 62.4 Å². The molecule has 0 aromatic heterocycles. The van der Waals surface area contributed by atoms with Crippen molar-refractivity contribution in [3.63, 3.8) is 0 Å². The van der Waals surface area contributed by atoms with Crippen molar-refractivity contribution < 1.29 is 29.4 Å². The fraction of sp³-hybridized carbons (Fsp3) is 0.200. The van der Waals surface area contributed by atoms with Crippen molar-refractivity contribution in [2.75, 3.05) is 0 Å². The number of hydrogen-bond donors (Lipinski definition) is 1. The van der Waals surface area contributed by atoms with E-state index in [-0.39, 0.29) is 19.5 Å². The van der Waals surface area contributed by atoms with Gasteiger partial charge < -0.3 is 12.0 Å². The quantitative estimate of drug-likeness (QED) is 0.360. The number of hydrogen-bond acceptors (Lipinski definition) is 1. The first-order chi connectivity index (χ1) is 3.27. The second kappa shape index (κ2) is 15.8. The summed E-state index contributed by atoms with van der Waals surface area (Å²) in [5.74, 6) is -0.981. The molecule has 1 N–H and O–H groups in total. The normalized spacial score (nSPS) is 4.75. The Morgan fingerprint density at radius 3 is 1.88 bits per heavy atom. The number of aliphatic carboxylic acids is 1. The smallest absolute Gasteiger partial charge is 0.327 e. The molecule has 0 aliphatic carbocycles. The third kappa shape index (κ3) is 40.5. The zero-order valence-corrected chi connectivity index (χ0v) is 8.02. The molecule has 0 saturated heterocycles. The van der Waals surface area contributed by atoms with Crippen molar-refractivity contribution in [1.82, 2.24) is 0 Å². The van der Waals surface area contributed by atoms with Crippen LogP contribution >= 0.6 is 0 Å². The summed E-state index contributed by atoms with van der Waals surface area (Å²) in [5.41, 5.74) is 0. The average Bonchev–Trinajstić information content (AvgIpc) is 1.73. The second-order valence-corrected chi connectivity index (χ2v) is 0.542. The molecule has 0 heterocycles. The van der Waals surface area contributed by atoms with Gasteiger partial charge in [-0.1, -0.05) is 6.58 Å². The predicted octanol–water partition coefficient (Wildman–Crippen LogP) is 1.09. The Kier molecular flexibility index (Phi) is 31.0. The van der Waals surface area contributed by atoms with Crippen LogP contribution in [0.5, 0.6) is 0 Å². The molecule has 0 unspecified atom stereocenters. The molecule has 0 amide bonds. The molecule has 0 radical (unpaired) electrons. The van der Waals surface area contributed by atoms with Crippen LogP contribution in [0.15, 0.2) is 12.7 Å². The van der Waals surface area contributed by atoms with E-state index >= 15 is 0 Å². The van der Waals surface area contributed by atoms with E-state index in [2.05, 4.69) is 13.5 Å². The van der Waals surface area contributed by atoms with E-state index in [0.29, 0.717) is 0 Å². The van der Waals surface area contributed by atoms with Crippen molar-refractivity contribution in [1.29, 1.82) is 0 Å². The third-order valence-electron chi connectivity index (χ3n) is 0.175. The Hall–Kier alpha value is -0.167. The molecule has 0 aromatic carbocycles. The maximum absolute atomic E-state index is 9.25. The zero-order chi connectivity index (χ0) is 6.28. The molecule has 44 valence electrons. The van der Waals surface area contributed by atoms with Gasteiger partial charge >= 0.3 is 5.97 Å². The van der Waals surface area contributed by atoms with E-state index in [1.54, 1.807) is 6.92 Å². The van der Waals surface area contributed by atoms with Gasteiger partial charge in [-0.25, -0.2) is 4.79 Å². The van der Waals surface area contributed by atoms with Crippen LogP contribution in [0.25, 0.3) is 0 Å². The largest absolute Gasteiger partial charge is 0.478 e. The number of carboxylic acid groups (broad SMARTS) is 1. The minimum Gasteiger partial charge on any atom is -0.478 e. The Morgan fingerprint density at radius 2 is 1.88 bits per heavy atom. The number of carboxylic acids is 1. The summed E-state index contributed by atoms with van der Waals surface area (Å²) in [6.07, 6.45) is 0.833. The first-order valence-corrected chi connectivity index (χ1v) is 1.83. The van der Waals surface area contributed by atoms with E-state index in [9.17, 15) is 4.79 Å². The van der Waals surface area contributed by atoms with Gasteiger partial charge in [-0.3, -0.25) is 0 Å². The fourth-order valence-electron chi connectivity index (χ4n) is 0. The summed E-state index contributed by atoms with van der Waals surface area (Å²) in [6.45, 7) is 7.96. The molecule has 0 bridgehead atoms. The van der Waals surface area contributed by atoms with Crippen LogP contribution in [0.2, 0.25) is 0 Å². The molecule has 0 atom stereocenters. The average molecular weight is 167 g/mol. The van der Waals surface area contributed by atoms with Crippen molar-refractivity contribution >= 4 is 5.97 Å². The SMILES string of the molecule is C=CC(=O)O.[CH2-]C.[Zn]. The van der Waals surface area contributed by atoms with Crippen LogP contribution in [0, 0.1) is 6.92 Å². The predicted molar refractivity (Wildman–Crippen MR) is 28.9 cm³/mol. The molecule has 0 aromatic rings. The second-order valence-electron chi connectivity index (χ2n) is 0.542. The topological polar surface area (TPSA) is 37.3 Å². The molecule has 0 saturated carbocycles. The van der Waals surface area contributed by atoms with Crippen LogP contribution in [0.3, 0.4) is 0 Å². The van der Waals surface area contributed by atoms with E-state index in [1.807, 2.05) is 0 Å². The molecule has 2 nitrogen and oxygen atoms in total. The Morgan fingerprint density at radius 1 is 1.75 bits per heavy atom. The first kappa shape index (κ1) is 15.7.